The Balaban J connectivity index is 3.18. The van der Waals surface area contributed by atoms with E-state index in [4.69, 9.17) is 5.11 Å². The highest BCUT2D eigenvalue weighted by Gasteiger charge is 2.07. The Morgan fingerprint density at radius 3 is 1.57 bits per heavy atom. The third-order valence-corrected chi connectivity index (χ3v) is 6.05. The SMILES string of the molecule is CCCCCCCCC=CCCCCCCCCCCCCC(O)CN(C)CCO. The van der Waals surface area contributed by atoms with Gasteiger partial charge in [0.15, 0.2) is 0 Å². The first-order valence-electron chi connectivity index (χ1n) is 13.3. The van der Waals surface area contributed by atoms with E-state index in [9.17, 15) is 5.11 Å². The van der Waals surface area contributed by atoms with Crippen LogP contribution in [0.15, 0.2) is 12.2 Å². The van der Waals surface area contributed by atoms with Crippen LogP contribution >= 0.6 is 0 Å². The molecule has 0 fully saturated rings. The van der Waals surface area contributed by atoms with Crippen molar-refractivity contribution in [3.05, 3.63) is 12.2 Å². The molecule has 3 nitrogen and oxygen atoms in total. The molecule has 3 heteroatoms. The Kier molecular flexibility index (Phi) is 24.6. The van der Waals surface area contributed by atoms with Crippen LogP contribution in [0.2, 0.25) is 0 Å². The maximum Gasteiger partial charge on any atom is 0.0667 e. The van der Waals surface area contributed by atoms with Crippen LogP contribution in [0.3, 0.4) is 0 Å². The number of rotatable bonds is 24. The molecule has 0 aromatic carbocycles. The summed E-state index contributed by atoms with van der Waals surface area (Å²) in [5, 5.41) is 18.8. The molecule has 1 unspecified atom stereocenters. The van der Waals surface area contributed by atoms with Crippen LogP contribution in [-0.2, 0) is 0 Å². The van der Waals surface area contributed by atoms with Gasteiger partial charge >= 0.3 is 0 Å². The Labute approximate surface area is 189 Å². The zero-order valence-corrected chi connectivity index (χ0v) is 20.6. The van der Waals surface area contributed by atoms with Crippen molar-refractivity contribution < 1.29 is 10.2 Å². The molecule has 0 saturated carbocycles. The van der Waals surface area contributed by atoms with Crippen LogP contribution in [0.1, 0.15) is 129 Å². The van der Waals surface area contributed by atoms with Crippen LogP contribution in [0, 0.1) is 0 Å². The highest BCUT2D eigenvalue weighted by Crippen LogP contribution is 2.13. The van der Waals surface area contributed by atoms with Crippen LogP contribution < -0.4 is 0 Å². The summed E-state index contributed by atoms with van der Waals surface area (Å²) in [4.78, 5) is 2.00. The van der Waals surface area contributed by atoms with E-state index in [0.29, 0.717) is 13.1 Å². The van der Waals surface area contributed by atoms with Crippen LogP contribution in [-0.4, -0.2) is 48.0 Å². The van der Waals surface area contributed by atoms with Gasteiger partial charge in [-0.2, -0.15) is 0 Å². The summed E-state index contributed by atoms with van der Waals surface area (Å²) in [6.07, 6.45) is 29.8. The van der Waals surface area contributed by atoms with Crippen LogP contribution in [0.25, 0.3) is 0 Å². The minimum Gasteiger partial charge on any atom is -0.395 e. The average molecular weight is 426 g/mol. The standard InChI is InChI=1S/C27H55NO2/c1-3-4-5-6-7-8-9-10-11-12-13-14-15-16-17-18-19-20-21-22-23-27(30)26-28(2)24-25-29/h10-11,27,29-30H,3-9,12-26H2,1-2H3. The lowest BCUT2D eigenvalue weighted by Gasteiger charge is -2.19. The monoisotopic (exact) mass is 425 g/mol. The van der Waals surface area contributed by atoms with Gasteiger partial charge in [0.2, 0.25) is 0 Å². The molecule has 0 aliphatic heterocycles. The number of hydrogen-bond acceptors (Lipinski definition) is 3. The third-order valence-electron chi connectivity index (χ3n) is 6.05. The highest BCUT2D eigenvalue weighted by atomic mass is 16.3. The quantitative estimate of drug-likeness (QED) is 0.126. The molecule has 0 saturated heterocycles. The van der Waals surface area contributed by atoms with E-state index in [0.717, 1.165) is 12.8 Å². The Morgan fingerprint density at radius 1 is 0.667 bits per heavy atom. The largest absolute Gasteiger partial charge is 0.395 e. The van der Waals surface area contributed by atoms with E-state index in [-0.39, 0.29) is 12.7 Å². The molecule has 0 radical (unpaired) electrons. The summed E-state index contributed by atoms with van der Waals surface area (Å²) >= 11 is 0. The molecule has 0 bridgehead atoms. The topological polar surface area (TPSA) is 43.7 Å². The van der Waals surface area contributed by atoms with Gasteiger partial charge in [0.1, 0.15) is 0 Å². The Morgan fingerprint density at radius 2 is 1.10 bits per heavy atom. The molecule has 0 aromatic heterocycles. The van der Waals surface area contributed by atoms with E-state index in [1.807, 2.05) is 11.9 Å². The van der Waals surface area contributed by atoms with Gasteiger partial charge in [-0.1, -0.05) is 109 Å². The molecule has 0 aliphatic rings. The van der Waals surface area contributed by atoms with Gasteiger partial charge in [-0.05, 0) is 39.2 Å². The van der Waals surface area contributed by atoms with E-state index < -0.39 is 0 Å². The van der Waals surface area contributed by atoms with Gasteiger partial charge in [-0.15, -0.1) is 0 Å². The fraction of sp³-hybridized carbons (Fsp3) is 0.926. The van der Waals surface area contributed by atoms with Gasteiger partial charge in [0.25, 0.3) is 0 Å². The van der Waals surface area contributed by atoms with Crippen LogP contribution in [0.5, 0.6) is 0 Å². The van der Waals surface area contributed by atoms with Crippen molar-refractivity contribution in [3.63, 3.8) is 0 Å². The fourth-order valence-corrected chi connectivity index (χ4v) is 4.05. The van der Waals surface area contributed by atoms with Crippen molar-refractivity contribution in [2.24, 2.45) is 0 Å². The molecule has 0 rings (SSSR count). The summed E-state index contributed by atoms with van der Waals surface area (Å²) in [6, 6.07) is 0. The van der Waals surface area contributed by atoms with E-state index >= 15 is 0 Å². The molecule has 1 atom stereocenters. The molecule has 30 heavy (non-hydrogen) atoms. The molecule has 2 N–H and O–H groups in total. The van der Waals surface area contributed by atoms with Crippen LogP contribution in [0.4, 0.5) is 0 Å². The smallest absolute Gasteiger partial charge is 0.0667 e. The van der Waals surface area contributed by atoms with Gasteiger partial charge < -0.3 is 15.1 Å². The number of allylic oxidation sites excluding steroid dienone is 2. The second kappa shape index (κ2) is 24.9. The zero-order valence-electron chi connectivity index (χ0n) is 20.6. The summed E-state index contributed by atoms with van der Waals surface area (Å²) in [7, 11) is 1.95. The lowest BCUT2D eigenvalue weighted by atomic mass is 10.0. The van der Waals surface area contributed by atoms with Crippen molar-refractivity contribution in [2.45, 2.75) is 135 Å². The van der Waals surface area contributed by atoms with E-state index in [1.54, 1.807) is 0 Å². The molecule has 0 heterocycles. The second-order valence-corrected chi connectivity index (χ2v) is 9.28. The summed E-state index contributed by atoms with van der Waals surface area (Å²) < 4.78 is 0. The molecule has 180 valence electrons. The van der Waals surface area contributed by atoms with E-state index in [2.05, 4.69) is 19.1 Å². The fourth-order valence-electron chi connectivity index (χ4n) is 4.05. The lowest BCUT2D eigenvalue weighted by Crippen LogP contribution is -2.31. The number of unbranched alkanes of at least 4 members (excludes halogenated alkanes) is 16. The molecule has 0 aromatic rings. The number of likely N-dealkylation sites (N-methyl/N-ethyl adjacent to an activating group) is 1. The first-order chi connectivity index (χ1) is 14.7. The van der Waals surface area contributed by atoms with Gasteiger partial charge in [0.05, 0.1) is 12.7 Å². The van der Waals surface area contributed by atoms with Crippen molar-refractivity contribution >= 4 is 0 Å². The maximum atomic E-state index is 9.97. The molecule has 0 amide bonds. The first-order valence-corrected chi connectivity index (χ1v) is 13.3. The van der Waals surface area contributed by atoms with Gasteiger partial charge in [-0.3, -0.25) is 0 Å². The zero-order chi connectivity index (χ0) is 22.1. The number of hydrogen-bond donors (Lipinski definition) is 2. The summed E-state index contributed by atoms with van der Waals surface area (Å²) in [6.45, 7) is 3.77. The number of aliphatic hydroxyl groups is 2. The van der Waals surface area contributed by atoms with Gasteiger partial charge in [-0.25, -0.2) is 0 Å². The maximum absolute atomic E-state index is 9.97. The van der Waals surface area contributed by atoms with E-state index in [1.165, 1.54) is 109 Å². The Bertz CT molecular complexity index is 346. The van der Waals surface area contributed by atoms with Crippen molar-refractivity contribution in [1.29, 1.82) is 0 Å². The Hall–Kier alpha value is -0.380. The first kappa shape index (κ1) is 29.6. The van der Waals surface area contributed by atoms with Crippen molar-refractivity contribution in [2.75, 3.05) is 26.7 Å². The molecule has 0 aliphatic carbocycles. The van der Waals surface area contributed by atoms with Crippen molar-refractivity contribution in [1.82, 2.24) is 4.90 Å². The molecular weight excluding hydrogens is 370 g/mol. The average Bonchev–Trinajstić information content (AvgIpc) is 2.72. The predicted octanol–water partition coefficient (Wildman–Crippen LogP) is 7.26. The second-order valence-electron chi connectivity index (χ2n) is 9.28. The normalized spacial score (nSPS) is 13.0. The lowest BCUT2D eigenvalue weighted by molar-refractivity contribution is 0.105. The molecular formula is C27H55NO2. The summed E-state index contributed by atoms with van der Waals surface area (Å²) in [5.74, 6) is 0. The van der Waals surface area contributed by atoms with Gasteiger partial charge in [0, 0.05) is 13.1 Å². The summed E-state index contributed by atoms with van der Waals surface area (Å²) in [5.41, 5.74) is 0. The third kappa shape index (κ3) is 23.9. The number of nitrogens with zero attached hydrogens (tertiary/aromatic N) is 1. The highest BCUT2D eigenvalue weighted by molar-refractivity contribution is 4.81. The number of aliphatic hydroxyl groups excluding tert-OH is 2. The van der Waals surface area contributed by atoms with Crippen molar-refractivity contribution in [3.8, 4) is 0 Å². The predicted molar refractivity (Wildman–Crippen MR) is 133 cm³/mol. The molecule has 0 spiro atoms. The minimum absolute atomic E-state index is 0.166. The minimum atomic E-state index is -0.244.